The second kappa shape index (κ2) is 5.52. The number of hydrogen-bond acceptors (Lipinski definition) is 4. The zero-order valence-electron chi connectivity index (χ0n) is 12.9. The Morgan fingerprint density at radius 2 is 1.86 bits per heavy atom. The van der Waals surface area contributed by atoms with Crippen LogP contribution in [-0.4, -0.2) is 22.1 Å². The first-order chi connectivity index (χ1) is 10.6. The van der Waals surface area contributed by atoms with E-state index in [1.807, 2.05) is 36.5 Å². The van der Waals surface area contributed by atoms with Gasteiger partial charge in [0.15, 0.2) is 0 Å². The second-order valence-electron chi connectivity index (χ2n) is 5.28. The van der Waals surface area contributed by atoms with Gasteiger partial charge in [-0.05, 0) is 55.3 Å². The number of methoxy groups -OCH3 is 1. The van der Waals surface area contributed by atoms with Gasteiger partial charge in [-0.25, -0.2) is 4.68 Å². The summed E-state index contributed by atoms with van der Waals surface area (Å²) in [5.41, 5.74) is 11.5. The summed E-state index contributed by atoms with van der Waals surface area (Å²) in [6.07, 6.45) is 1.88. The average molecular weight is 294 g/mol. The number of benzene rings is 2. The Balaban J connectivity index is 2.06. The summed E-state index contributed by atoms with van der Waals surface area (Å²) in [4.78, 5) is 0. The number of hydrogen-bond donors (Lipinski definition) is 1. The molecule has 22 heavy (non-hydrogen) atoms. The molecule has 0 saturated heterocycles. The van der Waals surface area contributed by atoms with Crippen molar-refractivity contribution in [2.45, 2.75) is 13.8 Å². The van der Waals surface area contributed by atoms with Crippen molar-refractivity contribution >= 4 is 5.69 Å². The summed E-state index contributed by atoms with van der Waals surface area (Å²) in [7, 11) is 1.66. The van der Waals surface area contributed by atoms with E-state index in [9.17, 15) is 0 Å². The molecule has 3 aromatic rings. The standard InChI is InChI=1S/C17H18N4O/c1-11-7-15(17(22-3)8-12(11)2)16-10-21(20-19-16)14-6-4-5-13(18)9-14/h4-10H,18H2,1-3H3. The summed E-state index contributed by atoms with van der Waals surface area (Å²) in [6.45, 7) is 4.13. The average Bonchev–Trinajstić information content (AvgIpc) is 2.99. The molecule has 5 nitrogen and oxygen atoms in total. The molecule has 0 fully saturated rings. The molecule has 0 radical (unpaired) electrons. The number of nitrogen functional groups attached to an aromatic ring is 1. The lowest BCUT2D eigenvalue weighted by Gasteiger charge is -2.09. The molecule has 0 atom stereocenters. The molecular weight excluding hydrogens is 276 g/mol. The molecule has 0 aliphatic carbocycles. The topological polar surface area (TPSA) is 66.0 Å². The fourth-order valence-corrected chi connectivity index (χ4v) is 2.34. The predicted molar refractivity (Wildman–Crippen MR) is 87.2 cm³/mol. The van der Waals surface area contributed by atoms with Crippen molar-refractivity contribution in [1.29, 1.82) is 0 Å². The van der Waals surface area contributed by atoms with Crippen LogP contribution in [0.5, 0.6) is 5.75 Å². The maximum absolute atomic E-state index is 5.81. The fourth-order valence-electron chi connectivity index (χ4n) is 2.34. The summed E-state index contributed by atoms with van der Waals surface area (Å²) in [6, 6.07) is 11.6. The minimum absolute atomic E-state index is 0.693. The van der Waals surface area contributed by atoms with Crippen LogP contribution in [0, 0.1) is 13.8 Å². The van der Waals surface area contributed by atoms with Crippen molar-refractivity contribution in [3.05, 3.63) is 53.7 Å². The van der Waals surface area contributed by atoms with Crippen molar-refractivity contribution in [2.24, 2.45) is 0 Å². The molecule has 1 aromatic heterocycles. The highest BCUT2D eigenvalue weighted by Crippen LogP contribution is 2.31. The minimum Gasteiger partial charge on any atom is -0.496 e. The smallest absolute Gasteiger partial charge is 0.128 e. The monoisotopic (exact) mass is 294 g/mol. The first-order valence-corrected chi connectivity index (χ1v) is 7.02. The zero-order chi connectivity index (χ0) is 15.7. The number of aromatic nitrogens is 3. The van der Waals surface area contributed by atoms with Gasteiger partial charge in [-0.2, -0.15) is 0 Å². The molecule has 0 amide bonds. The van der Waals surface area contributed by atoms with E-state index in [1.165, 1.54) is 11.1 Å². The predicted octanol–water partition coefficient (Wildman–Crippen LogP) is 3.14. The molecule has 1 heterocycles. The van der Waals surface area contributed by atoms with Crippen molar-refractivity contribution in [2.75, 3.05) is 12.8 Å². The van der Waals surface area contributed by atoms with Crippen LogP contribution < -0.4 is 10.5 Å². The Morgan fingerprint density at radius 3 is 2.59 bits per heavy atom. The number of ether oxygens (including phenoxy) is 1. The molecule has 112 valence electrons. The first-order valence-electron chi connectivity index (χ1n) is 7.02. The maximum Gasteiger partial charge on any atom is 0.128 e. The summed E-state index contributed by atoms with van der Waals surface area (Å²) in [5, 5.41) is 8.45. The Kier molecular flexibility index (Phi) is 3.55. The third-order valence-corrected chi connectivity index (χ3v) is 3.72. The highest BCUT2D eigenvalue weighted by molar-refractivity contribution is 5.68. The number of anilines is 1. The van der Waals surface area contributed by atoms with Crippen LogP contribution in [0.15, 0.2) is 42.6 Å². The molecule has 3 rings (SSSR count). The summed E-state index contributed by atoms with van der Waals surface area (Å²) >= 11 is 0. The van der Waals surface area contributed by atoms with Gasteiger partial charge in [0, 0.05) is 11.3 Å². The highest BCUT2D eigenvalue weighted by atomic mass is 16.5. The second-order valence-corrected chi connectivity index (χ2v) is 5.28. The molecule has 0 aliphatic rings. The highest BCUT2D eigenvalue weighted by Gasteiger charge is 2.12. The third-order valence-electron chi connectivity index (χ3n) is 3.72. The van der Waals surface area contributed by atoms with Gasteiger partial charge in [0.2, 0.25) is 0 Å². The van der Waals surface area contributed by atoms with Gasteiger partial charge in [0.25, 0.3) is 0 Å². The Morgan fingerprint density at radius 1 is 1.09 bits per heavy atom. The van der Waals surface area contributed by atoms with Crippen molar-refractivity contribution in [3.8, 4) is 22.7 Å². The van der Waals surface area contributed by atoms with Gasteiger partial charge < -0.3 is 10.5 Å². The number of rotatable bonds is 3. The van der Waals surface area contributed by atoms with E-state index >= 15 is 0 Å². The summed E-state index contributed by atoms with van der Waals surface area (Å²) in [5.74, 6) is 0.794. The molecule has 0 unspecified atom stereocenters. The number of nitrogens with two attached hydrogens (primary N) is 1. The molecule has 2 N–H and O–H groups in total. The molecule has 0 spiro atoms. The fraction of sp³-hybridized carbons (Fsp3) is 0.176. The van der Waals surface area contributed by atoms with E-state index in [0.717, 1.165) is 22.7 Å². The normalized spacial score (nSPS) is 10.7. The minimum atomic E-state index is 0.693. The van der Waals surface area contributed by atoms with Crippen LogP contribution in [0.2, 0.25) is 0 Å². The Labute approximate surface area is 129 Å². The summed E-state index contributed by atoms with van der Waals surface area (Å²) < 4.78 is 7.18. The van der Waals surface area contributed by atoms with Crippen molar-refractivity contribution < 1.29 is 4.74 Å². The van der Waals surface area contributed by atoms with Crippen LogP contribution in [0.25, 0.3) is 16.9 Å². The van der Waals surface area contributed by atoms with Crippen LogP contribution in [-0.2, 0) is 0 Å². The largest absolute Gasteiger partial charge is 0.496 e. The molecule has 0 bridgehead atoms. The van der Waals surface area contributed by atoms with Gasteiger partial charge in [0.05, 0.1) is 19.0 Å². The van der Waals surface area contributed by atoms with Gasteiger partial charge in [-0.15, -0.1) is 5.10 Å². The lowest BCUT2D eigenvalue weighted by molar-refractivity contribution is 0.416. The SMILES string of the molecule is COc1cc(C)c(C)cc1-c1cn(-c2cccc(N)c2)nn1. The van der Waals surface area contributed by atoms with Crippen LogP contribution >= 0.6 is 0 Å². The van der Waals surface area contributed by atoms with Gasteiger partial charge in [-0.3, -0.25) is 0 Å². The van der Waals surface area contributed by atoms with E-state index in [-0.39, 0.29) is 0 Å². The maximum atomic E-state index is 5.81. The van der Waals surface area contributed by atoms with E-state index in [0.29, 0.717) is 5.69 Å². The van der Waals surface area contributed by atoms with Crippen LogP contribution in [0.3, 0.4) is 0 Å². The Bertz CT molecular complexity index is 823. The molecular formula is C17H18N4O. The molecule has 0 aliphatic heterocycles. The first kappa shape index (κ1) is 14.1. The van der Waals surface area contributed by atoms with E-state index in [2.05, 4.69) is 30.2 Å². The van der Waals surface area contributed by atoms with Crippen LogP contribution in [0.1, 0.15) is 11.1 Å². The zero-order valence-corrected chi connectivity index (χ0v) is 12.9. The lowest BCUT2D eigenvalue weighted by Crippen LogP contribution is -1.96. The van der Waals surface area contributed by atoms with E-state index in [4.69, 9.17) is 10.5 Å². The lowest BCUT2D eigenvalue weighted by atomic mass is 10.0. The van der Waals surface area contributed by atoms with Crippen molar-refractivity contribution in [1.82, 2.24) is 15.0 Å². The van der Waals surface area contributed by atoms with Crippen LogP contribution in [0.4, 0.5) is 5.69 Å². The Hall–Kier alpha value is -2.82. The number of aryl methyl sites for hydroxylation is 2. The molecule has 2 aromatic carbocycles. The van der Waals surface area contributed by atoms with Gasteiger partial charge in [0.1, 0.15) is 11.4 Å². The van der Waals surface area contributed by atoms with E-state index in [1.54, 1.807) is 11.8 Å². The van der Waals surface area contributed by atoms with Crippen molar-refractivity contribution in [3.63, 3.8) is 0 Å². The van der Waals surface area contributed by atoms with Gasteiger partial charge >= 0.3 is 0 Å². The number of nitrogens with zero attached hydrogens (tertiary/aromatic N) is 3. The molecule has 0 saturated carbocycles. The van der Waals surface area contributed by atoms with E-state index < -0.39 is 0 Å². The quantitative estimate of drug-likeness (QED) is 0.754. The molecule has 5 heteroatoms. The van der Waals surface area contributed by atoms with Gasteiger partial charge in [-0.1, -0.05) is 11.3 Å². The third kappa shape index (κ3) is 2.53.